The number of ether oxygens (including phenoxy) is 1. The minimum atomic E-state index is 0.351. The smallest absolute Gasteiger partial charge is 0.120 e. The highest BCUT2D eigenvalue weighted by Gasteiger charge is 2.34. The van der Waals surface area contributed by atoms with Crippen LogP contribution < -0.4 is 10.1 Å². The number of hydrogen-bond donors (Lipinski definition) is 1. The molecule has 2 atom stereocenters. The molecule has 0 aromatic heterocycles. The van der Waals surface area contributed by atoms with Gasteiger partial charge in [0, 0.05) is 16.6 Å². The third-order valence-electron chi connectivity index (χ3n) is 4.76. The van der Waals surface area contributed by atoms with Gasteiger partial charge in [-0.25, -0.2) is 0 Å². The van der Waals surface area contributed by atoms with Gasteiger partial charge in [0.2, 0.25) is 0 Å². The number of nitrogens with one attached hydrogen (secondary N) is 1. The van der Waals surface area contributed by atoms with Gasteiger partial charge in [0.15, 0.2) is 0 Å². The molecule has 0 saturated carbocycles. The van der Waals surface area contributed by atoms with Gasteiger partial charge < -0.3 is 10.1 Å². The Kier molecular flexibility index (Phi) is 3.93. The van der Waals surface area contributed by atoms with Crippen LogP contribution in [-0.4, -0.2) is 18.2 Å². The van der Waals surface area contributed by atoms with E-state index in [-0.39, 0.29) is 0 Å². The summed E-state index contributed by atoms with van der Waals surface area (Å²) in [5.74, 6) is 0.980. The third-order valence-corrected chi connectivity index (χ3v) is 5.45. The topological polar surface area (TPSA) is 21.3 Å². The lowest BCUT2D eigenvalue weighted by Crippen LogP contribution is -2.42. The molecular weight excluding hydrogens is 338 g/mol. The molecule has 4 rings (SSSR count). The molecule has 0 aliphatic carbocycles. The average Bonchev–Trinajstić information content (AvgIpc) is 2.89. The van der Waals surface area contributed by atoms with E-state index in [2.05, 4.69) is 63.7 Å². The fourth-order valence-electron chi connectivity index (χ4n) is 3.71. The van der Waals surface area contributed by atoms with Gasteiger partial charge in [-0.3, -0.25) is 0 Å². The van der Waals surface area contributed by atoms with Crippen molar-refractivity contribution in [2.24, 2.45) is 0 Å². The molecule has 2 aromatic carbocycles. The number of halogens is 1. The van der Waals surface area contributed by atoms with E-state index in [1.165, 1.54) is 24.0 Å². The summed E-state index contributed by atoms with van der Waals surface area (Å²) >= 11 is 3.66. The van der Waals surface area contributed by atoms with Crippen LogP contribution in [0.5, 0.6) is 5.75 Å². The van der Waals surface area contributed by atoms with Crippen molar-refractivity contribution in [3.05, 3.63) is 53.0 Å². The molecule has 22 heavy (non-hydrogen) atoms. The first-order valence-corrected chi connectivity index (χ1v) is 8.85. The molecule has 2 aliphatic rings. The summed E-state index contributed by atoms with van der Waals surface area (Å²) in [7, 11) is 0. The zero-order valence-corrected chi connectivity index (χ0v) is 14.1. The van der Waals surface area contributed by atoms with Crippen LogP contribution in [0.15, 0.2) is 53.0 Å². The van der Waals surface area contributed by atoms with Crippen LogP contribution in [0.2, 0.25) is 0 Å². The number of rotatable bonds is 3. The fraction of sp³-hybridized carbons (Fsp3) is 0.368. The Balaban J connectivity index is 1.55. The van der Waals surface area contributed by atoms with Crippen LogP contribution in [0.3, 0.4) is 0 Å². The van der Waals surface area contributed by atoms with E-state index in [1.807, 2.05) is 6.07 Å². The summed E-state index contributed by atoms with van der Waals surface area (Å²) in [5, 5.41) is 3.66. The van der Waals surface area contributed by atoms with Crippen LogP contribution in [0.25, 0.3) is 11.1 Å². The number of benzene rings is 2. The number of piperidine rings is 1. The quantitative estimate of drug-likeness (QED) is 0.853. The lowest BCUT2D eigenvalue weighted by Gasteiger charge is -2.29. The van der Waals surface area contributed by atoms with Gasteiger partial charge >= 0.3 is 0 Å². The van der Waals surface area contributed by atoms with Gasteiger partial charge in [-0.05, 0) is 55.0 Å². The van der Waals surface area contributed by atoms with Gasteiger partial charge in [-0.15, -0.1) is 0 Å². The highest BCUT2D eigenvalue weighted by atomic mass is 79.9. The SMILES string of the molecule is Brc1ccc(OC2CC3CCC(C2)N3)cc1-c1ccccc1. The lowest BCUT2D eigenvalue weighted by atomic mass is 10.0. The summed E-state index contributed by atoms with van der Waals surface area (Å²) in [6, 6.07) is 18.1. The molecule has 0 amide bonds. The maximum atomic E-state index is 6.29. The molecular formula is C19H20BrNO. The third kappa shape index (κ3) is 2.92. The zero-order valence-electron chi connectivity index (χ0n) is 12.5. The molecule has 2 bridgehead atoms. The van der Waals surface area contributed by atoms with E-state index in [0.29, 0.717) is 18.2 Å². The van der Waals surface area contributed by atoms with Gasteiger partial charge in [0.05, 0.1) is 0 Å². The molecule has 2 heterocycles. The van der Waals surface area contributed by atoms with Crippen molar-refractivity contribution in [1.82, 2.24) is 5.32 Å². The summed E-state index contributed by atoms with van der Waals surface area (Å²) in [6.07, 6.45) is 5.23. The van der Waals surface area contributed by atoms with Crippen LogP contribution in [0.4, 0.5) is 0 Å². The minimum Gasteiger partial charge on any atom is -0.490 e. The molecule has 3 heteroatoms. The van der Waals surface area contributed by atoms with Gasteiger partial charge in [-0.1, -0.05) is 46.3 Å². The second-order valence-electron chi connectivity index (χ2n) is 6.36. The van der Waals surface area contributed by atoms with Gasteiger partial charge in [-0.2, -0.15) is 0 Å². The summed E-state index contributed by atoms with van der Waals surface area (Å²) in [4.78, 5) is 0. The first kappa shape index (κ1) is 14.3. The van der Waals surface area contributed by atoms with Crippen LogP contribution in [0.1, 0.15) is 25.7 Å². The average molecular weight is 358 g/mol. The van der Waals surface area contributed by atoms with Crippen molar-refractivity contribution in [3.8, 4) is 16.9 Å². The van der Waals surface area contributed by atoms with E-state index in [1.54, 1.807) is 0 Å². The van der Waals surface area contributed by atoms with E-state index >= 15 is 0 Å². The Hall–Kier alpha value is -1.32. The van der Waals surface area contributed by atoms with Crippen molar-refractivity contribution < 1.29 is 4.74 Å². The molecule has 114 valence electrons. The first-order valence-electron chi connectivity index (χ1n) is 8.05. The normalized spacial score (nSPS) is 26.9. The summed E-state index contributed by atoms with van der Waals surface area (Å²) in [5.41, 5.74) is 2.40. The Bertz CT molecular complexity index is 646. The predicted molar refractivity (Wildman–Crippen MR) is 93.2 cm³/mol. The van der Waals surface area contributed by atoms with Crippen molar-refractivity contribution >= 4 is 15.9 Å². The van der Waals surface area contributed by atoms with Crippen LogP contribution in [0, 0.1) is 0 Å². The lowest BCUT2D eigenvalue weighted by molar-refractivity contribution is 0.137. The minimum absolute atomic E-state index is 0.351. The van der Waals surface area contributed by atoms with Crippen molar-refractivity contribution in [3.63, 3.8) is 0 Å². The van der Waals surface area contributed by atoms with Crippen LogP contribution >= 0.6 is 15.9 Å². The second kappa shape index (κ2) is 6.05. The molecule has 0 spiro atoms. The molecule has 2 aliphatic heterocycles. The number of hydrogen-bond acceptors (Lipinski definition) is 2. The zero-order chi connectivity index (χ0) is 14.9. The Morgan fingerprint density at radius 3 is 2.41 bits per heavy atom. The monoisotopic (exact) mass is 357 g/mol. The van der Waals surface area contributed by atoms with E-state index in [4.69, 9.17) is 4.74 Å². The highest BCUT2D eigenvalue weighted by Crippen LogP contribution is 2.34. The van der Waals surface area contributed by atoms with E-state index in [9.17, 15) is 0 Å². The summed E-state index contributed by atoms with van der Waals surface area (Å²) < 4.78 is 7.40. The van der Waals surface area contributed by atoms with Gasteiger partial charge in [0.25, 0.3) is 0 Å². The van der Waals surface area contributed by atoms with E-state index < -0.39 is 0 Å². The molecule has 2 aromatic rings. The maximum absolute atomic E-state index is 6.29. The molecule has 1 N–H and O–H groups in total. The number of fused-ring (bicyclic) bond motifs is 2. The van der Waals surface area contributed by atoms with Crippen molar-refractivity contribution in [1.29, 1.82) is 0 Å². The highest BCUT2D eigenvalue weighted by molar-refractivity contribution is 9.10. The Morgan fingerprint density at radius 2 is 1.68 bits per heavy atom. The predicted octanol–water partition coefficient (Wildman–Crippen LogP) is 4.78. The molecule has 2 saturated heterocycles. The van der Waals surface area contributed by atoms with Crippen LogP contribution in [-0.2, 0) is 0 Å². The second-order valence-corrected chi connectivity index (χ2v) is 7.21. The molecule has 0 radical (unpaired) electrons. The molecule has 2 nitrogen and oxygen atoms in total. The fourth-order valence-corrected chi connectivity index (χ4v) is 4.19. The maximum Gasteiger partial charge on any atom is 0.120 e. The Labute approximate surface area is 140 Å². The molecule has 2 unspecified atom stereocenters. The molecule has 2 fully saturated rings. The largest absolute Gasteiger partial charge is 0.490 e. The first-order chi connectivity index (χ1) is 10.8. The van der Waals surface area contributed by atoms with E-state index in [0.717, 1.165) is 23.1 Å². The van der Waals surface area contributed by atoms with Crippen molar-refractivity contribution in [2.45, 2.75) is 43.9 Å². The standard InChI is InChI=1S/C19H20BrNO/c20-19-9-8-16(12-18(19)13-4-2-1-3-5-13)22-17-10-14-6-7-15(11-17)21-14/h1-5,8-9,12,14-15,17,21H,6-7,10-11H2. The summed E-state index contributed by atoms with van der Waals surface area (Å²) in [6.45, 7) is 0. The van der Waals surface area contributed by atoms with Crippen molar-refractivity contribution in [2.75, 3.05) is 0 Å². The Morgan fingerprint density at radius 1 is 0.955 bits per heavy atom. The van der Waals surface area contributed by atoms with Gasteiger partial charge in [0.1, 0.15) is 11.9 Å².